The van der Waals surface area contributed by atoms with Gasteiger partial charge < -0.3 is 10.1 Å². The number of fused-ring (bicyclic) bond motifs is 1. The molecule has 0 bridgehead atoms. The van der Waals surface area contributed by atoms with Crippen LogP contribution in [-0.2, 0) is 11.2 Å². The van der Waals surface area contributed by atoms with E-state index in [2.05, 4.69) is 27.4 Å². The van der Waals surface area contributed by atoms with Gasteiger partial charge in [0.05, 0.1) is 11.0 Å². The summed E-state index contributed by atoms with van der Waals surface area (Å²) in [7, 11) is 0. The van der Waals surface area contributed by atoms with Crippen LogP contribution in [-0.4, -0.2) is 29.0 Å². The molecule has 0 aliphatic rings. The molecule has 0 spiro atoms. The average molecular weight is 398 g/mol. The lowest BCUT2D eigenvalue weighted by Crippen LogP contribution is -2.25. The first kappa shape index (κ1) is 20.4. The van der Waals surface area contributed by atoms with Crippen molar-refractivity contribution in [1.82, 2.24) is 15.3 Å². The number of hydrogen-bond donors (Lipinski definition) is 1. The van der Waals surface area contributed by atoms with Gasteiger partial charge in [-0.05, 0) is 38.3 Å². The number of hydrogen-bond acceptors (Lipinski definition) is 5. The van der Waals surface area contributed by atoms with E-state index in [9.17, 15) is 4.79 Å². The first-order valence-corrected chi connectivity index (χ1v) is 10.5. The fourth-order valence-corrected chi connectivity index (χ4v) is 4.37. The molecule has 1 amide bonds. The second-order valence-corrected chi connectivity index (χ2v) is 7.85. The third-order valence-electron chi connectivity index (χ3n) is 4.78. The summed E-state index contributed by atoms with van der Waals surface area (Å²) in [5, 5.41) is 4.01. The smallest absolute Gasteiger partial charge is 0.261 e. The zero-order valence-corrected chi connectivity index (χ0v) is 17.7. The largest absolute Gasteiger partial charge is 0.374 e. The van der Waals surface area contributed by atoms with Gasteiger partial charge in [-0.25, -0.2) is 9.97 Å². The number of aromatic nitrogens is 2. The van der Waals surface area contributed by atoms with Gasteiger partial charge in [-0.2, -0.15) is 0 Å². The monoisotopic (exact) mass is 397 g/mol. The summed E-state index contributed by atoms with van der Waals surface area (Å²) < 4.78 is 5.86. The van der Waals surface area contributed by atoms with Crippen LogP contribution >= 0.6 is 11.3 Å². The molecule has 1 atom stereocenters. The highest BCUT2D eigenvalue weighted by molar-refractivity contribution is 7.20. The van der Waals surface area contributed by atoms with Crippen LogP contribution in [0.3, 0.4) is 0 Å². The van der Waals surface area contributed by atoms with Crippen molar-refractivity contribution in [2.45, 2.75) is 46.6 Å². The van der Waals surface area contributed by atoms with Crippen LogP contribution < -0.4 is 5.32 Å². The second-order valence-electron chi connectivity index (χ2n) is 6.85. The lowest BCUT2D eigenvalue weighted by Gasteiger charge is -2.13. The number of rotatable bonds is 8. The zero-order valence-electron chi connectivity index (χ0n) is 16.9. The fraction of sp³-hybridized carbons (Fsp3) is 0.409. The summed E-state index contributed by atoms with van der Waals surface area (Å²) in [5.41, 5.74) is 3.07. The predicted octanol–water partition coefficient (Wildman–Crippen LogP) is 4.77. The molecule has 3 aromatic rings. The van der Waals surface area contributed by atoms with E-state index >= 15 is 0 Å². The number of amides is 1. The van der Waals surface area contributed by atoms with Gasteiger partial charge in [0.2, 0.25) is 0 Å². The molecule has 1 N–H and O–H groups in total. The highest BCUT2D eigenvalue weighted by atomic mass is 32.1. The quantitative estimate of drug-likeness (QED) is 0.556. The van der Waals surface area contributed by atoms with E-state index in [0.29, 0.717) is 13.2 Å². The standard InChI is InChI=1S/C22H27N3O2S/c1-5-18-24-15(3)19-14(2)20(28-22(19)25-18)21(26)23-12-9-13-27-16(4)17-10-7-6-8-11-17/h6-8,10-11,16H,5,9,12-13H2,1-4H3,(H,23,26). The van der Waals surface area contributed by atoms with Gasteiger partial charge in [-0.15, -0.1) is 11.3 Å². The summed E-state index contributed by atoms with van der Waals surface area (Å²) in [6.07, 6.45) is 1.61. The Morgan fingerprint density at radius 3 is 2.68 bits per heavy atom. The van der Waals surface area contributed by atoms with Gasteiger partial charge in [-0.3, -0.25) is 4.79 Å². The Bertz CT molecular complexity index is 953. The lowest BCUT2D eigenvalue weighted by molar-refractivity contribution is 0.0635. The molecule has 1 aromatic carbocycles. The normalized spacial score (nSPS) is 12.3. The van der Waals surface area contributed by atoms with Crippen molar-refractivity contribution in [2.24, 2.45) is 0 Å². The number of aryl methyl sites for hydroxylation is 3. The molecule has 0 radical (unpaired) electrons. The molecule has 5 nitrogen and oxygen atoms in total. The van der Waals surface area contributed by atoms with E-state index < -0.39 is 0 Å². The summed E-state index contributed by atoms with van der Waals surface area (Å²) in [5.74, 6) is 0.775. The van der Waals surface area contributed by atoms with Crippen LogP contribution in [0.15, 0.2) is 30.3 Å². The predicted molar refractivity (Wildman–Crippen MR) is 114 cm³/mol. The Labute approximate surface area is 170 Å². The molecule has 3 rings (SSSR count). The Morgan fingerprint density at radius 2 is 1.96 bits per heavy atom. The molecule has 0 aliphatic heterocycles. The lowest BCUT2D eigenvalue weighted by atomic mass is 10.1. The van der Waals surface area contributed by atoms with Crippen LogP contribution in [0, 0.1) is 13.8 Å². The molecular weight excluding hydrogens is 370 g/mol. The number of carbonyl (C=O) groups is 1. The number of ether oxygens (including phenoxy) is 1. The number of thiophene rings is 1. The number of carbonyl (C=O) groups excluding carboxylic acids is 1. The number of nitrogens with zero attached hydrogens (tertiary/aromatic N) is 2. The van der Waals surface area contributed by atoms with Gasteiger partial charge in [0.15, 0.2) is 0 Å². The van der Waals surface area contributed by atoms with Gasteiger partial charge in [0.1, 0.15) is 10.7 Å². The minimum absolute atomic E-state index is 0.0472. The number of nitrogens with one attached hydrogen (secondary N) is 1. The Balaban J connectivity index is 1.54. The van der Waals surface area contributed by atoms with E-state index in [0.717, 1.165) is 50.6 Å². The maximum atomic E-state index is 12.6. The highest BCUT2D eigenvalue weighted by Gasteiger charge is 2.18. The summed E-state index contributed by atoms with van der Waals surface area (Å²) in [6, 6.07) is 10.1. The first-order valence-electron chi connectivity index (χ1n) is 9.72. The summed E-state index contributed by atoms with van der Waals surface area (Å²) in [4.78, 5) is 23.4. The fourth-order valence-electron chi connectivity index (χ4n) is 3.20. The van der Waals surface area contributed by atoms with Crippen molar-refractivity contribution < 1.29 is 9.53 Å². The molecule has 28 heavy (non-hydrogen) atoms. The van der Waals surface area contributed by atoms with E-state index in [-0.39, 0.29) is 12.0 Å². The van der Waals surface area contributed by atoms with Crippen molar-refractivity contribution in [1.29, 1.82) is 0 Å². The van der Waals surface area contributed by atoms with Crippen LogP contribution in [0.25, 0.3) is 10.2 Å². The number of benzene rings is 1. The van der Waals surface area contributed by atoms with Crippen LogP contribution in [0.1, 0.15) is 58.7 Å². The first-order chi connectivity index (χ1) is 13.5. The average Bonchev–Trinajstić information content (AvgIpc) is 3.05. The summed E-state index contributed by atoms with van der Waals surface area (Å²) >= 11 is 1.45. The molecule has 1 unspecified atom stereocenters. The molecule has 2 aromatic heterocycles. The molecule has 148 valence electrons. The van der Waals surface area contributed by atoms with Crippen molar-refractivity contribution in [3.05, 3.63) is 57.9 Å². The summed E-state index contributed by atoms with van der Waals surface area (Å²) in [6.45, 7) is 9.22. The van der Waals surface area contributed by atoms with Gasteiger partial charge in [0, 0.05) is 30.7 Å². The zero-order chi connectivity index (χ0) is 20.1. The van der Waals surface area contributed by atoms with Gasteiger partial charge in [-0.1, -0.05) is 37.3 Å². The van der Waals surface area contributed by atoms with Gasteiger partial charge in [0.25, 0.3) is 5.91 Å². The minimum atomic E-state index is -0.0472. The van der Waals surface area contributed by atoms with Gasteiger partial charge >= 0.3 is 0 Å². The molecule has 0 saturated heterocycles. The Kier molecular flexibility index (Phi) is 6.75. The highest BCUT2D eigenvalue weighted by Crippen LogP contribution is 2.31. The van der Waals surface area contributed by atoms with E-state index in [1.54, 1.807) is 0 Å². The molecular formula is C22H27N3O2S. The molecule has 0 aliphatic carbocycles. The van der Waals surface area contributed by atoms with Crippen molar-refractivity contribution >= 4 is 27.5 Å². The third kappa shape index (κ3) is 4.56. The SMILES string of the molecule is CCc1nc(C)c2c(C)c(C(=O)NCCCOC(C)c3ccccc3)sc2n1. The van der Waals surface area contributed by atoms with E-state index in [1.807, 2.05) is 45.9 Å². The van der Waals surface area contributed by atoms with Crippen LogP contribution in [0.4, 0.5) is 0 Å². The third-order valence-corrected chi connectivity index (χ3v) is 5.97. The van der Waals surface area contributed by atoms with Crippen molar-refractivity contribution in [2.75, 3.05) is 13.2 Å². The van der Waals surface area contributed by atoms with Crippen LogP contribution in [0.5, 0.6) is 0 Å². The topological polar surface area (TPSA) is 64.1 Å². The Hall–Kier alpha value is -2.31. The molecule has 0 fully saturated rings. The van der Waals surface area contributed by atoms with E-state index in [1.165, 1.54) is 11.3 Å². The molecule has 2 heterocycles. The van der Waals surface area contributed by atoms with Crippen LogP contribution in [0.2, 0.25) is 0 Å². The maximum absolute atomic E-state index is 12.6. The minimum Gasteiger partial charge on any atom is -0.374 e. The second kappa shape index (κ2) is 9.26. The molecule has 6 heteroatoms. The van der Waals surface area contributed by atoms with E-state index in [4.69, 9.17) is 4.74 Å². The van der Waals surface area contributed by atoms with Crippen molar-refractivity contribution in [3.8, 4) is 0 Å². The maximum Gasteiger partial charge on any atom is 0.261 e. The van der Waals surface area contributed by atoms with Crippen molar-refractivity contribution in [3.63, 3.8) is 0 Å². The molecule has 0 saturated carbocycles. The Morgan fingerprint density at radius 1 is 1.21 bits per heavy atom.